The maximum absolute atomic E-state index is 12.5. The number of aliphatic carboxylic acids is 1. The van der Waals surface area contributed by atoms with Gasteiger partial charge in [-0.1, -0.05) is 6.42 Å². The number of hydrogen-bond donors (Lipinski definition) is 1. The van der Waals surface area contributed by atoms with Crippen LogP contribution in [0.5, 0.6) is 0 Å². The zero-order valence-corrected chi connectivity index (χ0v) is 13.1. The van der Waals surface area contributed by atoms with E-state index in [1.165, 1.54) is 11.4 Å². The van der Waals surface area contributed by atoms with Crippen molar-refractivity contribution in [3.8, 4) is 0 Å². The molecule has 0 radical (unpaired) electrons. The molecule has 0 saturated carbocycles. The van der Waals surface area contributed by atoms with E-state index in [0.29, 0.717) is 19.4 Å². The van der Waals surface area contributed by atoms with Crippen LogP contribution in [0.3, 0.4) is 0 Å². The lowest BCUT2D eigenvalue weighted by molar-refractivity contribution is -0.147. The van der Waals surface area contributed by atoms with E-state index in [1.807, 2.05) is 0 Å². The summed E-state index contributed by atoms with van der Waals surface area (Å²) in [5, 5.41) is 8.89. The summed E-state index contributed by atoms with van der Waals surface area (Å²) in [6.07, 6.45) is 2.92. The fourth-order valence-corrected chi connectivity index (χ4v) is 3.51. The van der Waals surface area contributed by atoms with E-state index in [0.717, 1.165) is 17.6 Å². The Morgan fingerprint density at radius 1 is 1.38 bits per heavy atom. The van der Waals surface area contributed by atoms with Gasteiger partial charge in [-0.2, -0.15) is 4.31 Å². The van der Waals surface area contributed by atoms with Crippen LogP contribution in [0.4, 0.5) is 0 Å². The fraction of sp³-hybridized carbons (Fsp3) is 0.833. The highest BCUT2D eigenvalue weighted by molar-refractivity contribution is 7.88. The molecular formula is C12H22N2O6S. The number of nitrogens with zero attached hydrogens (tertiary/aromatic N) is 2. The minimum absolute atomic E-state index is 0.121. The highest BCUT2D eigenvalue weighted by Gasteiger charge is 2.37. The number of rotatable bonds is 7. The number of hydrogen-bond acceptors (Lipinski definition) is 5. The maximum Gasteiger partial charge on any atom is 0.323 e. The summed E-state index contributed by atoms with van der Waals surface area (Å²) in [6.45, 7) is 0.150. The Hall–Kier alpha value is -1.19. The van der Waals surface area contributed by atoms with Gasteiger partial charge in [-0.05, 0) is 12.8 Å². The molecule has 1 unspecified atom stereocenters. The third-order valence-corrected chi connectivity index (χ3v) is 4.66. The molecule has 1 amide bonds. The molecule has 8 nitrogen and oxygen atoms in total. The topological polar surface area (TPSA) is 104 Å². The molecule has 1 aliphatic heterocycles. The van der Waals surface area contributed by atoms with Crippen LogP contribution in [0.2, 0.25) is 0 Å². The Labute approximate surface area is 124 Å². The summed E-state index contributed by atoms with van der Waals surface area (Å²) in [7, 11) is -2.04. The number of carbonyl (C=O) groups excluding carboxylic acids is 1. The van der Waals surface area contributed by atoms with Crippen molar-refractivity contribution < 1.29 is 27.9 Å². The lowest BCUT2D eigenvalue weighted by Gasteiger charge is -2.35. The second-order valence-corrected chi connectivity index (χ2v) is 6.97. The van der Waals surface area contributed by atoms with Crippen LogP contribution in [0.25, 0.3) is 0 Å². The van der Waals surface area contributed by atoms with Crippen molar-refractivity contribution >= 4 is 21.9 Å². The van der Waals surface area contributed by atoms with E-state index in [2.05, 4.69) is 0 Å². The number of piperidine rings is 1. The minimum atomic E-state index is -3.50. The molecule has 0 aliphatic carbocycles. The SMILES string of the molecule is COCCN(CC(=O)O)C(=O)C1CCCCN1S(C)(=O)=O. The maximum atomic E-state index is 12.5. The van der Waals surface area contributed by atoms with Crippen LogP contribution in [0, 0.1) is 0 Å². The van der Waals surface area contributed by atoms with Gasteiger partial charge in [0.1, 0.15) is 12.6 Å². The van der Waals surface area contributed by atoms with Gasteiger partial charge >= 0.3 is 5.97 Å². The van der Waals surface area contributed by atoms with Gasteiger partial charge in [0.25, 0.3) is 0 Å². The van der Waals surface area contributed by atoms with Gasteiger partial charge in [0.15, 0.2) is 0 Å². The Morgan fingerprint density at radius 2 is 2.05 bits per heavy atom. The standard InChI is InChI=1S/C12H22N2O6S/c1-20-8-7-13(9-11(15)16)12(17)10-5-3-4-6-14(10)21(2,18)19/h10H,3-9H2,1-2H3,(H,15,16). The third kappa shape index (κ3) is 5.25. The quantitative estimate of drug-likeness (QED) is 0.668. The number of carbonyl (C=O) groups is 2. The second-order valence-electron chi connectivity index (χ2n) is 5.03. The number of carboxylic acids is 1. The summed E-state index contributed by atoms with van der Waals surface area (Å²) in [5.41, 5.74) is 0. The Morgan fingerprint density at radius 3 is 2.57 bits per heavy atom. The van der Waals surface area contributed by atoms with Crippen molar-refractivity contribution in [3.05, 3.63) is 0 Å². The number of ether oxygens (including phenoxy) is 1. The minimum Gasteiger partial charge on any atom is -0.480 e. The predicted octanol–water partition coefficient (Wildman–Crippen LogP) is -0.640. The fourth-order valence-electron chi connectivity index (χ4n) is 2.39. The predicted molar refractivity (Wildman–Crippen MR) is 75.3 cm³/mol. The van der Waals surface area contributed by atoms with Gasteiger partial charge in [0, 0.05) is 20.2 Å². The molecule has 0 spiro atoms. The molecule has 9 heteroatoms. The Kier molecular flexibility index (Phi) is 6.56. The van der Waals surface area contributed by atoms with Gasteiger partial charge in [0.2, 0.25) is 15.9 Å². The summed E-state index contributed by atoms with van der Waals surface area (Å²) in [4.78, 5) is 24.5. The summed E-state index contributed by atoms with van der Waals surface area (Å²) in [6, 6.07) is -0.815. The van der Waals surface area contributed by atoms with E-state index in [4.69, 9.17) is 9.84 Å². The van der Waals surface area contributed by atoms with E-state index in [-0.39, 0.29) is 13.2 Å². The zero-order valence-electron chi connectivity index (χ0n) is 12.3. The molecule has 1 N–H and O–H groups in total. The number of amides is 1. The lowest BCUT2D eigenvalue weighted by atomic mass is 10.0. The van der Waals surface area contributed by atoms with Crippen LogP contribution >= 0.6 is 0 Å². The highest BCUT2D eigenvalue weighted by atomic mass is 32.2. The molecule has 1 heterocycles. The molecule has 1 aliphatic rings. The van der Waals surface area contributed by atoms with Crippen molar-refractivity contribution in [2.45, 2.75) is 25.3 Å². The van der Waals surface area contributed by atoms with Crippen molar-refractivity contribution in [2.75, 3.05) is 39.6 Å². The summed E-state index contributed by atoms with van der Waals surface area (Å²) in [5.74, 6) is -1.61. The second kappa shape index (κ2) is 7.71. The molecule has 1 saturated heterocycles. The van der Waals surface area contributed by atoms with Gasteiger partial charge in [0.05, 0.1) is 12.9 Å². The molecule has 21 heavy (non-hydrogen) atoms. The smallest absolute Gasteiger partial charge is 0.323 e. The van der Waals surface area contributed by atoms with Gasteiger partial charge < -0.3 is 14.7 Å². The van der Waals surface area contributed by atoms with Crippen molar-refractivity contribution in [2.24, 2.45) is 0 Å². The molecular weight excluding hydrogens is 300 g/mol. The van der Waals surface area contributed by atoms with Gasteiger partial charge in [-0.15, -0.1) is 0 Å². The molecule has 1 fully saturated rings. The lowest BCUT2D eigenvalue weighted by Crippen LogP contribution is -2.54. The third-order valence-electron chi connectivity index (χ3n) is 3.37. The van der Waals surface area contributed by atoms with Crippen LogP contribution in [0.1, 0.15) is 19.3 Å². The average molecular weight is 322 g/mol. The largest absolute Gasteiger partial charge is 0.480 e. The molecule has 0 aromatic rings. The van der Waals surface area contributed by atoms with E-state index in [9.17, 15) is 18.0 Å². The number of sulfonamides is 1. The molecule has 1 rings (SSSR count). The monoisotopic (exact) mass is 322 g/mol. The Balaban J connectivity index is 2.90. The number of carboxylic acid groups (broad SMARTS) is 1. The molecule has 0 aromatic heterocycles. The van der Waals surface area contributed by atoms with Crippen LogP contribution in [-0.2, 0) is 24.3 Å². The average Bonchev–Trinajstić information content (AvgIpc) is 2.41. The first-order valence-electron chi connectivity index (χ1n) is 6.73. The van der Waals surface area contributed by atoms with Crippen molar-refractivity contribution in [1.82, 2.24) is 9.21 Å². The normalized spacial score (nSPS) is 20.2. The van der Waals surface area contributed by atoms with Crippen LogP contribution in [0.15, 0.2) is 0 Å². The molecule has 1 atom stereocenters. The molecule has 0 bridgehead atoms. The van der Waals surface area contributed by atoms with E-state index >= 15 is 0 Å². The summed E-state index contributed by atoms with van der Waals surface area (Å²) < 4.78 is 29.6. The zero-order chi connectivity index (χ0) is 16.0. The van der Waals surface area contributed by atoms with Crippen LogP contribution in [-0.4, -0.2) is 80.3 Å². The van der Waals surface area contributed by atoms with Gasteiger partial charge in [-0.25, -0.2) is 8.42 Å². The Bertz CT molecular complexity index is 478. The van der Waals surface area contributed by atoms with E-state index < -0.39 is 34.5 Å². The van der Waals surface area contributed by atoms with Crippen LogP contribution < -0.4 is 0 Å². The number of methoxy groups -OCH3 is 1. The first kappa shape index (κ1) is 17.9. The van der Waals surface area contributed by atoms with Gasteiger partial charge in [-0.3, -0.25) is 9.59 Å². The van der Waals surface area contributed by atoms with E-state index in [1.54, 1.807) is 0 Å². The first-order valence-corrected chi connectivity index (χ1v) is 8.58. The van der Waals surface area contributed by atoms with Crippen molar-refractivity contribution in [1.29, 1.82) is 0 Å². The summed E-state index contributed by atoms with van der Waals surface area (Å²) >= 11 is 0. The highest BCUT2D eigenvalue weighted by Crippen LogP contribution is 2.21. The first-order chi connectivity index (χ1) is 9.77. The molecule has 122 valence electrons. The molecule has 0 aromatic carbocycles. The van der Waals surface area contributed by atoms with Crippen molar-refractivity contribution in [3.63, 3.8) is 0 Å².